The average molecular weight is 297 g/mol. The molecular weight excluding hydrogens is 262 g/mol. The second-order valence-corrected chi connectivity index (χ2v) is 6.37. The highest BCUT2D eigenvalue weighted by molar-refractivity contribution is 5.73. The molecule has 124 valence electrons. The molecule has 0 N–H and O–H groups in total. The SMILES string of the molecule is CCCCC(C)N(CCC)CCN1CCN(C(C)=O)CC1. The number of rotatable bonds is 9. The molecule has 1 amide bonds. The molecule has 0 aliphatic carbocycles. The highest BCUT2D eigenvalue weighted by Crippen LogP contribution is 2.10. The minimum absolute atomic E-state index is 0.218. The first-order chi connectivity index (χ1) is 10.1. The van der Waals surface area contributed by atoms with Crippen molar-refractivity contribution in [1.29, 1.82) is 0 Å². The largest absolute Gasteiger partial charge is 0.340 e. The molecule has 1 aliphatic heterocycles. The Hall–Kier alpha value is -0.610. The van der Waals surface area contributed by atoms with Gasteiger partial charge < -0.3 is 4.90 Å². The molecule has 1 atom stereocenters. The van der Waals surface area contributed by atoms with E-state index in [9.17, 15) is 4.79 Å². The maximum absolute atomic E-state index is 11.3. The van der Waals surface area contributed by atoms with E-state index in [0.29, 0.717) is 6.04 Å². The minimum atomic E-state index is 0.218. The standard InChI is InChI=1S/C17H35N3O/c1-5-7-8-16(3)19(9-6-2)13-10-18-11-14-20(15-12-18)17(4)21/h16H,5-15H2,1-4H3. The van der Waals surface area contributed by atoms with Gasteiger partial charge in [0.25, 0.3) is 0 Å². The van der Waals surface area contributed by atoms with E-state index in [4.69, 9.17) is 0 Å². The zero-order chi connectivity index (χ0) is 15.7. The van der Waals surface area contributed by atoms with Gasteiger partial charge in [0, 0.05) is 52.2 Å². The fraction of sp³-hybridized carbons (Fsp3) is 0.941. The van der Waals surface area contributed by atoms with Crippen molar-refractivity contribution < 1.29 is 4.79 Å². The molecule has 0 bridgehead atoms. The second-order valence-electron chi connectivity index (χ2n) is 6.37. The topological polar surface area (TPSA) is 26.8 Å². The third-order valence-electron chi connectivity index (χ3n) is 4.63. The predicted octanol–water partition coefficient (Wildman–Crippen LogP) is 2.44. The lowest BCUT2D eigenvalue weighted by Crippen LogP contribution is -2.50. The van der Waals surface area contributed by atoms with Gasteiger partial charge in [-0.25, -0.2) is 0 Å². The Bertz CT molecular complexity index is 288. The first-order valence-electron chi connectivity index (χ1n) is 8.80. The van der Waals surface area contributed by atoms with Crippen molar-refractivity contribution in [2.45, 2.75) is 59.4 Å². The summed E-state index contributed by atoms with van der Waals surface area (Å²) in [5.41, 5.74) is 0. The van der Waals surface area contributed by atoms with Crippen LogP contribution in [-0.2, 0) is 4.79 Å². The van der Waals surface area contributed by atoms with Gasteiger partial charge in [0.1, 0.15) is 0 Å². The Kier molecular flexibility index (Phi) is 8.93. The van der Waals surface area contributed by atoms with Crippen molar-refractivity contribution >= 4 is 5.91 Å². The summed E-state index contributed by atoms with van der Waals surface area (Å²) in [6.45, 7) is 16.0. The third kappa shape index (κ3) is 6.79. The summed E-state index contributed by atoms with van der Waals surface area (Å²) in [6.07, 6.45) is 5.17. The van der Waals surface area contributed by atoms with Crippen molar-refractivity contribution in [1.82, 2.24) is 14.7 Å². The molecule has 0 saturated carbocycles. The first kappa shape index (κ1) is 18.4. The lowest BCUT2D eigenvalue weighted by Gasteiger charge is -2.36. The van der Waals surface area contributed by atoms with Gasteiger partial charge >= 0.3 is 0 Å². The lowest BCUT2D eigenvalue weighted by molar-refractivity contribution is -0.130. The summed E-state index contributed by atoms with van der Waals surface area (Å²) in [6, 6.07) is 0.698. The molecule has 21 heavy (non-hydrogen) atoms. The molecule has 1 aliphatic rings. The van der Waals surface area contributed by atoms with Crippen molar-refractivity contribution in [3.8, 4) is 0 Å². The number of hydrogen-bond acceptors (Lipinski definition) is 3. The highest BCUT2D eigenvalue weighted by atomic mass is 16.2. The van der Waals surface area contributed by atoms with E-state index in [2.05, 4.69) is 30.6 Å². The molecular formula is C17H35N3O. The maximum Gasteiger partial charge on any atom is 0.219 e. The molecule has 1 unspecified atom stereocenters. The minimum Gasteiger partial charge on any atom is -0.340 e. The van der Waals surface area contributed by atoms with E-state index in [0.717, 1.165) is 32.7 Å². The number of carbonyl (C=O) groups excluding carboxylic acids is 1. The van der Waals surface area contributed by atoms with E-state index in [1.165, 1.54) is 38.8 Å². The summed E-state index contributed by atoms with van der Waals surface area (Å²) in [4.78, 5) is 18.5. The smallest absolute Gasteiger partial charge is 0.219 e. The van der Waals surface area contributed by atoms with E-state index in [1.807, 2.05) is 4.90 Å². The summed E-state index contributed by atoms with van der Waals surface area (Å²) < 4.78 is 0. The van der Waals surface area contributed by atoms with E-state index >= 15 is 0 Å². The average Bonchev–Trinajstić information content (AvgIpc) is 2.49. The molecule has 0 radical (unpaired) electrons. The molecule has 1 fully saturated rings. The number of carbonyl (C=O) groups is 1. The van der Waals surface area contributed by atoms with Gasteiger partial charge in [-0.3, -0.25) is 14.6 Å². The van der Waals surface area contributed by atoms with Crippen LogP contribution >= 0.6 is 0 Å². The normalized spacial score (nSPS) is 18.2. The van der Waals surface area contributed by atoms with Crippen LogP contribution in [0.15, 0.2) is 0 Å². The number of unbranched alkanes of at least 4 members (excludes halogenated alkanes) is 1. The van der Waals surface area contributed by atoms with Crippen LogP contribution < -0.4 is 0 Å². The van der Waals surface area contributed by atoms with Gasteiger partial charge in [0.15, 0.2) is 0 Å². The Morgan fingerprint density at radius 3 is 2.29 bits per heavy atom. The Labute approximate surface area is 131 Å². The monoisotopic (exact) mass is 297 g/mol. The van der Waals surface area contributed by atoms with Gasteiger partial charge in [-0.2, -0.15) is 0 Å². The zero-order valence-electron chi connectivity index (χ0n) is 14.6. The van der Waals surface area contributed by atoms with Crippen LogP contribution in [0.1, 0.15) is 53.4 Å². The molecule has 4 heteroatoms. The van der Waals surface area contributed by atoms with Gasteiger partial charge in [0.05, 0.1) is 0 Å². The summed E-state index contributed by atoms with van der Waals surface area (Å²) in [5.74, 6) is 0.218. The fourth-order valence-electron chi connectivity index (χ4n) is 3.08. The fourth-order valence-corrected chi connectivity index (χ4v) is 3.08. The van der Waals surface area contributed by atoms with Crippen LogP contribution in [0.3, 0.4) is 0 Å². The van der Waals surface area contributed by atoms with Gasteiger partial charge in [-0.05, 0) is 26.3 Å². The number of piperazine rings is 1. The summed E-state index contributed by atoms with van der Waals surface area (Å²) >= 11 is 0. The first-order valence-corrected chi connectivity index (χ1v) is 8.80. The summed E-state index contributed by atoms with van der Waals surface area (Å²) in [5, 5.41) is 0. The van der Waals surface area contributed by atoms with Gasteiger partial charge in [0.2, 0.25) is 5.91 Å². The Morgan fingerprint density at radius 2 is 1.76 bits per heavy atom. The number of nitrogens with zero attached hydrogens (tertiary/aromatic N) is 3. The Morgan fingerprint density at radius 1 is 1.10 bits per heavy atom. The van der Waals surface area contributed by atoms with E-state index < -0.39 is 0 Å². The molecule has 1 saturated heterocycles. The molecule has 1 heterocycles. The van der Waals surface area contributed by atoms with Crippen molar-refractivity contribution in [3.05, 3.63) is 0 Å². The van der Waals surface area contributed by atoms with Gasteiger partial charge in [-0.1, -0.05) is 26.7 Å². The molecule has 1 rings (SSSR count). The van der Waals surface area contributed by atoms with Crippen LogP contribution in [-0.4, -0.2) is 72.5 Å². The molecule has 0 aromatic rings. The van der Waals surface area contributed by atoms with Crippen LogP contribution in [0.25, 0.3) is 0 Å². The van der Waals surface area contributed by atoms with E-state index in [-0.39, 0.29) is 5.91 Å². The van der Waals surface area contributed by atoms with Crippen molar-refractivity contribution in [2.24, 2.45) is 0 Å². The van der Waals surface area contributed by atoms with Crippen LogP contribution in [0.4, 0.5) is 0 Å². The van der Waals surface area contributed by atoms with Crippen molar-refractivity contribution in [2.75, 3.05) is 45.8 Å². The summed E-state index contributed by atoms with van der Waals surface area (Å²) in [7, 11) is 0. The molecule has 0 aromatic heterocycles. The second kappa shape index (κ2) is 10.2. The molecule has 0 aromatic carbocycles. The van der Waals surface area contributed by atoms with Crippen LogP contribution in [0.5, 0.6) is 0 Å². The van der Waals surface area contributed by atoms with E-state index in [1.54, 1.807) is 6.92 Å². The third-order valence-corrected chi connectivity index (χ3v) is 4.63. The molecule has 4 nitrogen and oxygen atoms in total. The van der Waals surface area contributed by atoms with Crippen LogP contribution in [0.2, 0.25) is 0 Å². The highest BCUT2D eigenvalue weighted by Gasteiger charge is 2.19. The Balaban J connectivity index is 2.31. The zero-order valence-corrected chi connectivity index (χ0v) is 14.6. The maximum atomic E-state index is 11.3. The lowest BCUT2D eigenvalue weighted by atomic mass is 10.1. The van der Waals surface area contributed by atoms with Gasteiger partial charge in [-0.15, -0.1) is 0 Å². The van der Waals surface area contributed by atoms with Crippen LogP contribution in [0, 0.1) is 0 Å². The number of amides is 1. The number of hydrogen-bond donors (Lipinski definition) is 0. The quantitative estimate of drug-likeness (QED) is 0.654. The predicted molar refractivity (Wildman–Crippen MR) is 89.5 cm³/mol. The molecule has 0 spiro atoms. The van der Waals surface area contributed by atoms with Crippen molar-refractivity contribution in [3.63, 3.8) is 0 Å².